The molecular formula is C8H13FN4O. The van der Waals surface area contributed by atoms with Gasteiger partial charge in [-0.25, -0.2) is 9.37 Å². The molecule has 1 unspecified atom stereocenters. The molecule has 0 spiro atoms. The maximum atomic E-state index is 13.2. The smallest absolute Gasteiger partial charge is 0.222 e. The standard InChI is InChI=1S/C8H13FN4O/c1-5(14)4-13(2)7-6(9)3-11-8(10)12-7/h3,5,14H,4H2,1-2H3,(H2,10,11,12). The number of aliphatic hydroxyl groups is 1. The fourth-order valence-corrected chi connectivity index (χ4v) is 1.12. The molecule has 0 aromatic carbocycles. The molecule has 78 valence electrons. The molecule has 1 aromatic heterocycles. The average Bonchev–Trinajstić information content (AvgIpc) is 2.08. The van der Waals surface area contributed by atoms with Gasteiger partial charge in [0.25, 0.3) is 0 Å². The summed E-state index contributed by atoms with van der Waals surface area (Å²) in [6, 6.07) is 0. The summed E-state index contributed by atoms with van der Waals surface area (Å²) in [5, 5.41) is 9.11. The first-order chi connectivity index (χ1) is 6.50. The highest BCUT2D eigenvalue weighted by Gasteiger charge is 2.11. The van der Waals surface area contributed by atoms with Gasteiger partial charge < -0.3 is 15.7 Å². The lowest BCUT2D eigenvalue weighted by Crippen LogP contribution is -2.28. The number of nitrogens with two attached hydrogens (primary N) is 1. The van der Waals surface area contributed by atoms with Crippen LogP contribution in [0.2, 0.25) is 0 Å². The van der Waals surface area contributed by atoms with Gasteiger partial charge in [0, 0.05) is 13.6 Å². The Balaban J connectivity index is 2.88. The lowest BCUT2D eigenvalue weighted by Gasteiger charge is -2.19. The van der Waals surface area contributed by atoms with Gasteiger partial charge in [-0.2, -0.15) is 4.98 Å². The van der Waals surface area contributed by atoms with Crippen molar-refractivity contribution in [1.29, 1.82) is 0 Å². The van der Waals surface area contributed by atoms with Gasteiger partial charge in [0.1, 0.15) is 0 Å². The van der Waals surface area contributed by atoms with Crippen molar-refractivity contribution in [2.24, 2.45) is 0 Å². The minimum absolute atomic E-state index is 0.0128. The summed E-state index contributed by atoms with van der Waals surface area (Å²) in [6.45, 7) is 1.90. The van der Waals surface area contributed by atoms with Crippen LogP contribution >= 0.6 is 0 Å². The summed E-state index contributed by atoms with van der Waals surface area (Å²) in [7, 11) is 1.62. The number of halogens is 1. The van der Waals surface area contributed by atoms with Crippen LogP contribution < -0.4 is 10.6 Å². The van der Waals surface area contributed by atoms with Crippen LogP contribution in [0.1, 0.15) is 6.92 Å². The molecule has 0 fully saturated rings. The van der Waals surface area contributed by atoms with Gasteiger partial charge in [0.15, 0.2) is 11.6 Å². The van der Waals surface area contributed by atoms with Gasteiger partial charge in [-0.05, 0) is 6.92 Å². The molecule has 1 heterocycles. The fraction of sp³-hybridized carbons (Fsp3) is 0.500. The van der Waals surface area contributed by atoms with Gasteiger partial charge in [0.05, 0.1) is 12.3 Å². The normalized spacial score (nSPS) is 12.6. The lowest BCUT2D eigenvalue weighted by atomic mass is 10.3. The van der Waals surface area contributed by atoms with Crippen LogP contribution in [-0.2, 0) is 0 Å². The van der Waals surface area contributed by atoms with E-state index in [1.165, 1.54) is 4.90 Å². The van der Waals surface area contributed by atoms with Crippen LogP contribution in [0.25, 0.3) is 0 Å². The first kappa shape index (κ1) is 10.6. The fourth-order valence-electron chi connectivity index (χ4n) is 1.12. The maximum Gasteiger partial charge on any atom is 0.222 e. The number of aromatic nitrogens is 2. The molecule has 0 saturated heterocycles. The molecule has 3 N–H and O–H groups in total. The number of likely N-dealkylation sites (N-methyl/N-ethyl adjacent to an activating group) is 1. The van der Waals surface area contributed by atoms with Crippen LogP contribution in [0.4, 0.5) is 16.2 Å². The highest BCUT2D eigenvalue weighted by atomic mass is 19.1. The van der Waals surface area contributed by atoms with Crippen molar-refractivity contribution in [3.63, 3.8) is 0 Å². The van der Waals surface area contributed by atoms with Crippen LogP contribution in [0.15, 0.2) is 6.20 Å². The predicted molar refractivity (Wildman–Crippen MR) is 51.4 cm³/mol. The largest absolute Gasteiger partial charge is 0.392 e. The van der Waals surface area contributed by atoms with Gasteiger partial charge in [-0.1, -0.05) is 0 Å². The van der Waals surface area contributed by atoms with Gasteiger partial charge in [-0.3, -0.25) is 0 Å². The molecule has 0 aliphatic heterocycles. The van der Waals surface area contributed by atoms with Crippen molar-refractivity contribution in [1.82, 2.24) is 9.97 Å². The van der Waals surface area contributed by atoms with Gasteiger partial charge in [0.2, 0.25) is 5.95 Å². The summed E-state index contributed by atoms with van der Waals surface area (Å²) in [5.74, 6) is -0.445. The monoisotopic (exact) mass is 200 g/mol. The van der Waals surface area contributed by atoms with Crippen LogP contribution in [0.3, 0.4) is 0 Å². The molecule has 0 bridgehead atoms. The van der Waals surface area contributed by atoms with E-state index in [1.807, 2.05) is 0 Å². The Bertz CT molecular complexity index is 318. The minimum atomic E-state index is -0.560. The Morgan fingerprint density at radius 3 is 2.93 bits per heavy atom. The van der Waals surface area contributed by atoms with E-state index in [9.17, 15) is 4.39 Å². The number of hydrogen-bond donors (Lipinski definition) is 2. The topological polar surface area (TPSA) is 75.3 Å². The second-order valence-corrected chi connectivity index (χ2v) is 3.13. The number of nitrogens with zero attached hydrogens (tertiary/aromatic N) is 3. The van der Waals surface area contributed by atoms with Crippen LogP contribution in [0, 0.1) is 5.82 Å². The van der Waals surface area contributed by atoms with Gasteiger partial charge in [-0.15, -0.1) is 0 Å². The average molecular weight is 200 g/mol. The molecule has 1 atom stereocenters. The van der Waals surface area contributed by atoms with E-state index in [0.717, 1.165) is 6.20 Å². The second kappa shape index (κ2) is 4.19. The van der Waals surface area contributed by atoms with Crippen molar-refractivity contribution >= 4 is 11.8 Å². The quantitative estimate of drug-likeness (QED) is 0.719. The Morgan fingerprint density at radius 2 is 2.36 bits per heavy atom. The van der Waals surface area contributed by atoms with Crippen LogP contribution in [-0.4, -0.2) is 34.8 Å². The zero-order valence-corrected chi connectivity index (χ0v) is 8.11. The molecule has 1 aromatic rings. The van der Waals surface area contributed by atoms with Crippen LogP contribution in [0.5, 0.6) is 0 Å². The number of rotatable bonds is 3. The second-order valence-electron chi connectivity index (χ2n) is 3.13. The van der Waals surface area contributed by atoms with E-state index < -0.39 is 11.9 Å². The summed E-state index contributed by atoms with van der Waals surface area (Å²) in [5.41, 5.74) is 5.32. The number of aliphatic hydroxyl groups excluding tert-OH is 1. The molecule has 0 aliphatic rings. The number of anilines is 2. The minimum Gasteiger partial charge on any atom is -0.392 e. The Morgan fingerprint density at radius 1 is 1.71 bits per heavy atom. The highest BCUT2D eigenvalue weighted by molar-refractivity contribution is 5.41. The number of nitrogen functional groups attached to an aromatic ring is 1. The lowest BCUT2D eigenvalue weighted by molar-refractivity contribution is 0.201. The van der Waals surface area contributed by atoms with E-state index in [2.05, 4.69) is 9.97 Å². The van der Waals surface area contributed by atoms with Crippen molar-refractivity contribution in [3.05, 3.63) is 12.0 Å². The summed E-state index contributed by atoms with van der Waals surface area (Å²) >= 11 is 0. The third kappa shape index (κ3) is 2.53. The molecule has 0 radical (unpaired) electrons. The van der Waals surface area contributed by atoms with E-state index >= 15 is 0 Å². The van der Waals surface area contributed by atoms with E-state index in [-0.39, 0.29) is 18.3 Å². The van der Waals surface area contributed by atoms with E-state index in [1.54, 1.807) is 14.0 Å². The van der Waals surface area contributed by atoms with Crippen molar-refractivity contribution in [2.75, 3.05) is 24.2 Å². The summed E-state index contributed by atoms with van der Waals surface area (Å²) < 4.78 is 13.2. The molecule has 6 heteroatoms. The molecule has 5 nitrogen and oxygen atoms in total. The third-order valence-corrected chi connectivity index (χ3v) is 1.64. The Labute approximate surface area is 81.4 Å². The molecule has 0 saturated carbocycles. The predicted octanol–water partition coefficient (Wildman–Crippen LogP) is 0.0149. The number of hydrogen-bond acceptors (Lipinski definition) is 5. The summed E-state index contributed by atoms with van der Waals surface area (Å²) in [6.07, 6.45) is 0.450. The van der Waals surface area contributed by atoms with E-state index in [4.69, 9.17) is 10.8 Å². The molecule has 0 amide bonds. The first-order valence-electron chi connectivity index (χ1n) is 4.18. The van der Waals surface area contributed by atoms with Crippen molar-refractivity contribution in [3.8, 4) is 0 Å². The molecule has 0 aliphatic carbocycles. The first-order valence-corrected chi connectivity index (χ1v) is 4.18. The van der Waals surface area contributed by atoms with E-state index in [0.29, 0.717) is 0 Å². The Kier molecular flexibility index (Phi) is 3.19. The Hall–Kier alpha value is -1.43. The van der Waals surface area contributed by atoms with Crippen molar-refractivity contribution < 1.29 is 9.50 Å². The zero-order chi connectivity index (χ0) is 10.7. The third-order valence-electron chi connectivity index (χ3n) is 1.64. The summed E-state index contributed by atoms with van der Waals surface area (Å²) in [4.78, 5) is 8.72. The molecule has 1 rings (SSSR count). The zero-order valence-electron chi connectivity index (χ0n) is 8.11. The highest BCUT2D eigenvalue weighted by Crippen LogP contribution is 2.14. The van der Waals surface area contributed by atoms with Gasteiger partial charge >= 0.3 is 0 Å². The molecule has 14 heavy (non-hydrogen) atoms. The SMILES string of the molecule is CC(O)CN(C)c1nc(N)ncc1F. The van der Waals surface area contributed by atoms with Crippen molar-refractivity contribution in [2.45, 2.75) is 13.0 Å². The molecular weight excluding hydrogens is 187 g/mol. The maximum absolute atomic E-state index is 13.2.